The number of hydrogen-bond acceptors (Lipinski definition) is 2. The molecule has 0 saturated heterocycles. The van der Waals surface area contributed by atoms with Gasteiger partial charge < -0.3 is 0 Å². The van der Waals surface area contributed by atoms with E-state index in [2.05, 4.69) is 0 Å². The molecule has 2 rings (SSSR count). The maximum Gasteiger partial charge on any atom is 0.176 e. The van der Waals surface area contributed by atoms with Crippen LogP contribution >= 0.6 is 0 Å². The van der Waals surface area contributed by atoms with Gasteiger partial charge in [0.1, 0.15) is 0 Å². The minimum Gasteiger partial charge on any atom is -0.224 e. The Balaban J connectivity index is 2.89. The Kier molecular flexibility index (Phi) is 2.27. The fourth-order valence-electron chi connectivity index (χ4n) is 1.70. The fourth-order valence-corrected chi connectivity index (χ4v) is 2.61. The van der Waals surface area contributed by atoms with E-state index in [0.717, 1.165) is 16.3 Å². The van der Waals surface area contributed by atoms with Crippen molar-refractivity contribution in [3.05, 3.63) is 42.0 Å². The minimum atomic E-state index is -3.14. The summed E-state index contributed by atoms with van der Waals surface area (Å²) in [7, 11) is -3.14. The molecule has 0 unspecified atom stereocenters. The quantitative estimate of drug-likeness (QED) is 0.740. The van der Waals surface area contributed by atoms with Crippen molar-refractivity contribution in [2.75, 3.05) is 6.26 Å². The lowest BCUT2D eigenvalue weighted by Gasteiger charge is -2.04. The molecule has 0 aromatic heterocycles. The Bertz CT molecular complexity index is 613. The van der Waals surface area contributed by atoms with Crippen molar-refractivity contribution in [2.45, 2.75) is 11.8 Å². The number of benzene rings is 2. The Morgan fingerprint density at radius 3 is 2.47 bits per heavy atom. The fraction of sp³-hybridized carbons (Fsp3) is 0.167. The molecule has 2 aromatic rings. The predicted molar refractivity (Wildman–Crippen MR) is 61.8 cm³/mol. The molecule has 0 aliphatic rings. The summed E-state index contributed by atoms with van der Waals surface area (Å²) in [5.41, 5.74) is 1.13. The van der Waals surface area contributed by atoms with Gasteiger partial charge in [-0.15, -0.1) is 0 Å². The first kappa shape index (κ1) is 10.2. The summed E-state index contributed by atoms with van der Waals surface area (Å²) < 4.78 is 23.1. The van der Waals surface area contributed by atoms with Crippen molar-refractivity contribution in [3.63, 3.8) is 0 Å². The first-order valence-electron chi connectivity index (χ1n) is 4.68. The third-order valence-corrected chi connectivity index (χ3v) is 3.55. The number of sulfone groups is 1. The van der Waals surface area contributed by atoms with Gasteiger partial charge in [-0.2, -0.15) is 0 Å². The first-order chi connectivity index (χ1) is 6.98. The molecule has 0 saturated carbocycles. The van der Waals surface area contributed by atoms with E-state index in [1.165, 1.54) is 6.26 Å². The highest BCUT2D eigenvalue weighted by molar-refractivity contribution is 7.91. The van der Waals surface area contributed by atoms with E-state index in [0.29, 0.717) is 4.90 Å². The monoisotopic (exact) mass is 220 g/mol. The maximum atomic E-state index is 11.5. The summed E-state index contributed by atoms with van der Waals surface area (Å²) in [6, 6.07) is 11.1. The summed E-state index contributed by atoms with van der Waals surface area (Å²) in [6.07, 6.45) is 1.24. The SMILES string of the molecule is Cc1ccc2c(S(C)(=O)=O)cccc2c1. The topological polar surface area (TPSA) is 34.1 Å². The lowest BCUT2D eigenvalue weighted by Crippen LogP contribution is -1.97. The molecule has 0 aliphatic carbocycles. The molecule has 0 N–H and O–H groups in total. The van der Waals surface area contributed by atoms with Crippen LogP contribution in [0, 0.1) is 6.92 Å². The number of aryl methyl sites for hydroxylation is 1. The van der Waals surface area contributed by atoms with Crippen molar-refractivity contribution in [2.24, 2.45) is 0 Å². The third kappa shape index (κ3) is 1.88. The van der Waals surface area contributed by atoms with Crippen molar-refractivity contribution in [3.8, 4) is 0 Å². The average molecular weight is 220 g/mol. The van der Waals surface area contributed by atoms with E-state index >= 15 is 0 Å². The number of rotatable bonds is 1. The number of hydrogen-bond donors (Lipinski definition) is 0. The molecule has 0 spiro atoms. The van der Waals surface area contributed by atoms with Crippen LogP contribution in [0.4, 0.5) is 0 Å². The van der Waals surface area contributed by atoms with Crippen LogP contribution in [-0.4, -0.2) is 14.7 Å². The third-order valence-electron chi connectivity index (χ3n) is 2.40. The molecular weight excluding hydrogens is 208 g/mol. The zero-order valence-electron chi connectivity index (χ0n) is 8.69. The first-order valence-corrected chi connectivity index (χ1v) is 6.57. The Hall–Kier alpha value is -1.35. The molecule has 78 valence electrons. The molecule has 0 aliphatic heterocycles. The standard InChI is InChI=1S/C12H12O2S/c1-9-6-7-11-10(8-9)4-3-5-12(11)15(2,13)14/h3-8H,1-2H3. The van der Waals surface area contributed by atoms with Crippen LogP contribution in [0.25, 0.3) is 10.8 Å². The van der Waals surface area contributed by atoms with Gasteiger partial charge in [-0.1, -0.05) is 35.9 Å². The Labute approximate surface area is 89.5 Å². The second-order valence-electron chi connectivity index (χ2n) is 3.75. The Morgan fingerprint density at radius 2 is 1.80 bits per heavy atom. The molecule has 0 atom stereocenters. The van der Waals surface area contributed by atoms with E-state index in [9.17, 15) is 8.42 Å². The summed E-state index contributed by atoms with van der Waals surface area (Å²) in [4.78, 5) is 0.403. The van der Waals surface area contributed by atoms with E-state index in [4.69, 9.17) is 0 Å². The van der Waals surface area contributed by atoms with Gasteiger partial charge in [0, 0.05) is 11.6 Å². The van der Waals surface area contributed by atoms with Crippen LogP contribution < -0.4 is 0 Å². The zero-order chi connectivity index (χ0) is 11.1. The molecule has 0 bridgehead atoms. The predicted octanol–water partition coefficient (Wildman–Crippen LogP) is 2.55. The van der Waals surface area contributed by atoms with Gasteiger partial charge >= 0.3 is 0 Å². The van der Waals surface area contributed by atoms with Gasteiger partial charge in [0.25, 0.3) is 0 Å². The van der Waals surface area contributed by atoms with Gasteiger partial charge in [0.15, 0.2) is 9.84 Å². The maximum absolute atomic E-state index is 11.5. The molecule has 15 heavy (non-hydrogen) atoms. The average Bonchev–Trinajstić information content (AvgIpc) is 2.15. The molecule has 3 heteroatoms. The van der Waals surface area contributed by atoms with Crippen LogP contribution in [0.3, 0.4) is 0 Å². The molecular formula is C12H12O2S. The zero-order valence-corrected chi connectivity index (χ0v) is 9.51. The van der Waals surface area contributed by atoms with Crippen LogP contribution in [-0.2, 0) is 9.84 Å². The van der Waals surface area contributed by atoms with Crippen molar-refractivity contribution < 1.29 is 8.42 Å². The summed E-state index contributed by atoms with van der Waals surface area (Å²) in [6.45, 7) is 1.99. The van der Waals surface area contributed by atoms with Crippen molar-refractivity contribution in [1.29, 1.82) is 0 Å². The van der Waals surface area contributed by atoms with Crippen LogP contribution in [0.2, 0.25) is 0 Å². The van der Waals surface area contributed by atoms with Gasteiger partial charge in [0.2, 0.25) is 0 Å². The van der Waals surface area contributed by atoms with Gasteiger partial charge in [-0.3, -0.25) is 0 Å². The normalized spacial score (nSPS) is 11.9. The Morgan fingerprint density at radius 1 is 1.07 bits per heavy atom. The molecule has 0 heterocycles. The van der Waals surface area contributed by atoms with E-state index in [1.54, 1.807) is 12.1 Å². The summed E-state index contributed by atoms with van der Waals surface area (Å²) in [5.74, 6) is 0. The second kappa shape index (κ2) is 3.35. The van der Waals surface area contributed by atoms with Crippen molar-refractivity contribution in [1.82, 2.24) is 0 Å². The molecule has 0 fully saturated rings. The lowest BCUT2D eigenvalue weighted by molar-refractivity contribution is 0.602. The van der Waals surface area contributed by atoms with Crippen LogP contribution in [0.15, 0.2) is 41.3 Å². The minimum absolute atomic E-state index is 0.403. The van der Waals surface area contributed by atoms with Gasteiger partial charge in [-0.25, -0.2) is 8.42 Å². The lowest BCUT2D eigenvalue weighted by atomic mass is 10.1. The molecule has 0 amide bonds. The van der Waals surface area contributed by atoms with Crippen LogP contribution in [0.5, 0.6) is 0 Å². The number of fused-ring (bicyclic) bond motifs is 1. The highest BCUT2D eigenvalue weighted by Gasteiger charge is 2.10. The van der Waals surface area contributed by atoms with Gasteiger partial charge in [-0.05, 0) is 18.4 Å². The van der Waals surface area contributed by atoms with E-state index in [1.807, 2.05) is 31.2 Å². The van der Waals surface area contributed by atoms with Crippen LogP contribution in [0.1, 0.15) is 5.56 Å². The summed E-state index contributed by atoms with van der Waals surface area (Å²) >= 11 is 0. The molecule has 0 radical (unpaired) electrons. The highest BCUT2D eigenvalue weighted by Crippen LogP contribution is 2.23. The largest absolute Gasteiger partial charge is 0.224 e. The molecule has 2 nitrogen and oxygen atoms in total. The summed E-state index contributed by atoms with van der Waals surface area (Å²) in [5, 5.41) is 1.77. The van der Waals surface area contributed by atoms with E-state index in [-0.39, 0.29) is 0 Å². The highest BCUT2D eigenvalue weighted by atomic mass is 32.2. The van der Waals surface area contributed by atoms with Crippen molar-refractivity contribution >= 4 is 20.6 Å². The second-order valence-corrected chi connectivity index (χ2v) is 5.74. The smallest absolute Gasteiger partial charge is 0.176 e. The van der Waals surface area contributed by atoms with Gasteiger partial charge in [0.05, 0.1) is 4.90 Å². The van der Waals surface area contributed by atoms with E-state index < -0.39 is 9.84 Å². The molecule has 2 aromatic carbocycles.